The number of aromatic nitrogens is 2. The van der Waals surface area contributed by atoms with Crippen LogP contribution in [0.4, 0.5) is 0 Å². The van der Waals surface area contributed by atoms with Gasteiger partial charge in [-0.2, -0.15) is 0 Å². The van der Waals surface area contributed by atoms with Crippen LogP contribution in [-0.2, 0) is 11.2 Å². The number of nitrogens with zero attached hydrogens (tertiary/aromatic N) is 2. The Labute approximate surface area is 70.4 Å². The van der Waals surface area contributed by atoms with E-state index in [2.05, 4.69) is 9.97 Å². The van der Waals surface area contributed by atoms with E-state index in [1.54, 1.807) is 25.7 Å². The largest absolute Gasteiger partial charge is 0.490 e. The van der Waals surface area contributed by atoms with Crippen molar-refractivity contribution < 1.29 is 4.74 Å². The van der Waals surface area contributed by atoms with Crippen molar-refractivity contribution in [1.29, 1.82) is 0 Å². The van der Waals surface area contributed by atoms with Gasteiger partial charge in [-0.15, -0.1) is 0 Å². The molecular weight excluding hydrogens is 160 g/mol. The van der Waals surface area contributed by atoms with Crippen LogP contribution < -0.4 is 0 Å². The first-order valence-electron chi connectivity index (χ1n) is 3.14. The van der Waals surface area contributed by atoms with Gasteiger partial charge < -0.3 is 4.74 Å². The minimum Gasteiger partial charge on any atom is -0.490 e. The summed E-state index contributed by atoms with van der Waals surface area (Å²) in [6.45, 7) is 0. The molecule has 58 valence electrons. The summed E-state index contributed by atoms with van der Waals surface area (Å²) >= 11 is 4.85. The van der Waals surface area contributed by atoms with Gasteiger partial charge in [-0.05, 0) is 12.2 Å². The Kier molecular flexibility index (Phi) is 2.92. The maximum atomic E-state index is 4.85. The summed E-state index contributed by atoms with van der Waals surface area (Å²) in [5.41, 5.74) is 0.833. The lowest BCUT2D eigenvalue weighted by atomic mass is 10.3. The summed E-state index contributed by atoms with van der Waals surface area (Å²) in [6, 6.07) is 0. The second kappa shape index (κ2) is 3.98. The summed E-state index contributed by atoms with van der Waals surface area (Å²) in [6.07, 6.45) is 5.48. The predicted octanol–water partition coefficient (Wildman–Crippen LogP) is 0.993. The number of hydrogen-bond donors (Lipinski definition) is 0. The summed E-state index contributed by atoms with van der Waals surface area (Å²) < 4.78 is 4.82. The van der Waals surface area contributed by atoms with E-state index in [9.17, 15) is 0 Å². The molecule has 0 bridgehead atoms. The van der Waals surface area contributed by atoms with Crippen LogP contribution in [0.5, 0.6) is 0 Å². The van der Waals surface area contributed by atoms with Gasteiger partial charge in [0, 0.05) is 18.6 Å². The lowest BCUT2D eigenvalue weighted by Gasteiger charge is -1.99. The van der Waals surface area contributed by atoms with E-state index in [4.69, 9.17) is 17.0 Å². The second-order valence-corrected chi connectivity index (χ2v) is 2.41. The van der Waals surface area contributed by atoms with Crippen LogP contribution in [0.25, 0.3) is 0 Å². The molecule has 0 amide bonds. The molecule has 1 aromatic heterocycles. The summed E-state index contributed by atoms with van der Waals surface area (Å²) in [5.74, 6) is 0. The third kappa shape index (κ3) is 2.59. The number of ether oxygens (including phenoxy) is 1. The highest BCUT2D eigenvalue weighted by atomic mass is 32.1. The lowest BCUT2D eigenvalue weighted by Crippen LogP contribution is -2.03. The normalized spacial score (nSPS) is 9.18. The summed E-state index contributed by atoms with van der Waals surface area (Å²) in [5, 5.41) is 0.533. The van der Waals surface area contributed by atoms with Crippen molar-refractivity contribution in [2.45, 2.75) is 6.42 Å². The van der Waals surface area contributed by atoms with Gasteiger partial charge in [0.15, 0.2) is 5.05 Å². The molecule has 0 aliphatic rings. The Hall–Kier alpha value is -1.03. The van der Waals surface area contributed by atoms with Crippen LogP contribution in [0.15, 0.2) is 18.6 Å². The van der Waals surface area contributed by atoms with E-state index < -0.39 is 0 Å². The third-order valence-corrected chi connectivity index (χ3v) is 1.48. The average molecular weight is 168 g/mol. The van der Waals surface area contributed by atoms with E-state index in [0.29, 0.717) is 11.5 Å². The number of thiocarbonyl (C=S) groups is 1. The zero-order valence-electron chi connectivity index (χ0n) is 6.15. The Bertz CT molecular complexity index is 237. The predicted molar refractivity (Wildman–Crippen MR) is 45.3 cm³/mol. The molecular formula is C7H8N2OS. The van der Waals surface area contributed by atoms with Crippen molar-refractivity contribution in [3.05, 3.63) is 24.3 Å². The molecule has 1 rings (SSSR count). The van der Waals surface area contributed by atoms with Crippen molar-refractivity contribution in [1.82, 2.24) is 9.97 Å². The van der Waals surface area contributed by atoms with Crippen molar-refractivity contribution in [3.8, 4) is 0 Å². The molecule has 11 heavy (non-hydrogen) atoms. The fourth-order valence-electron chi connectivity index (χ4n) is 0.641. The van der Waals surface area contributed by atoms with E-state index >= 15 is 0 Å². The van der Waals surface area contributed by atoms with Gasteiger partial charge in [-0.1, -0.05) is 0 Å². The molecule has 3 nitrogen and oxygen atoms in total. The molecule has 0 fully saturated rings. The number of hydrogen-bond acceptors (Lipinski definition) is 4. The maximum Gasteiger partial charge on any atom is 0.165 e. The third-order valence-electron chi connectivity index (χ3n) is 1.17. The van der Waals surface area contributed by atoms with Crippen LogP contribution in [-0.4, -0.2) is 22.1 Å². The molecule has 4 heteroatoms. The molecule has 0 saturated heterocycles. The SMILES string of the molecule is COC(=S)Cc1cnccn1. The minimum absolute atomic E-state index is 0.533. The first-order valence-corrected chi connectivity index (χ1v) is 3.55. The highest BCUT2D eigenvalue weighted by molar-refractivity contribution is 7.80. The zero-order chi connectivity index (χ0) is 8.10. The quantitative estimate of drug-likeness (QED) is 0.617. The highest BCUT2D eigenvalue weighted by Crippen LogP contribution is 1.94. The van der Waals surface area contributed by atoms with Crippen LogP contribution in [0.1, 0.15) is 5.69 Å². The molecule has 0 aromatic carbocycles. The second-order valence-electron chi connectivity index (χ2n) is 1.95. The number of methoxy groups -OCH3 is 1. The lowest BCUT2D eigenvalue weighted by molar-refractivity contribution is 0.405. The molecule has 0 spiro atoms. The zero-order valence-corrected chi connectivity index (χ0v) is 6.97. The van der Waals surface area contributed by atoms with Crippen molar-refractivity contribution in [2.24, 2.45) is 0 Å². The first-order chi connectivity index (χ1) is 5.33. The Morgan fingerprint density at radius 2 is 2.45 bits per heavy atom. The minimum atomic E-state index is 0.533. The molecule has 1 aromatic rings. The molecule has 0 radical (unpaired) electrons. The van der Waals surface area contributed by atoms with E-state index in [-0.39, 0.29) is 0 Å². The maximum absolute atomic E-state index is 4.85. The van der Waals surface area contributed by atoms with Gasteiger partial charge in [0.1, 0.15) is 0 Å². The first kappa shape index (κ1) is 8.07. The monoisotopic (exact) mass is 168 g/mol. The van der Waals surface area contributed by atoms with Crippen molar-refractivity contribution in [3.63, 3.8) is 0 Å². The van der Waals surface area contributed by atoms with Gasteiger partial charge in [-0.25, -0.2) is 0 Å². The number of rotatable bonds is 2. The van der Waals surface area contributed by atoms with Gasteiger partial charge in [-0.3, -0.25) is 9.97 Å². The van der Waals surface area contributed by atoms with Crippen LogP contribution in [0.3, 0.4) is 0 Å². The van der Waals surface area contributed by atoms with E-state index in [1.165, 1.54) is 0 Å². The Balaban J connectivity index is 2.58. The fourth-order valence-corrected chi connectivity index (χ4v) is 0.789. The molecule has 0 N–H and O–H groups in total. The topological polar surface area (TPSA) is 35.0 Å². The van der Waals surface area contributed by atoms with Crippen molar-refractivity contribution in [2.75, 3.05) is 7.11 Å². The smallest absolute Gasteiger partial charge is 0.165 e. The summed E-state index contributed by atoms with van der Waals surface area (Å²) in [4.78, 5) is 7.93. The summed E-state index contributed by atoms with van der Waals surface area (Å²) in [7, 11) is 1.55. The molecule has 0 aliphatic heterocycles. The molecule has 0 unspecified atom stereocenters. The highest BCUT2D eigenvalue weighted by Gasteiger charge is 1.97. The van der Waals surface area contributed by atoms with Crippen LogP contribution in [0, 0.1) is 0 Å². The Morgan fingerprint density at radius 3 is 3.00 bits per heavy atom. The van der Waals surface area contributed by atoms with Gasteiger partial charge in [0.2, 0.25) is 0 Å². The molecule has 1 heterocycles. The van der Waals surface area contributed by atoms with Crippen molar-refractivity contribution >= 4 is 17.3 Å². The van der Waals surface area contributed by atoms with Gasteiger partial charge >= 0.3 is 0 Å². The van der Waals surface area contributed by atoms with Gasteiger partial charge in [0.25, 0.3) is 0 Å². The molecule has 0 atom stereocenters. The van der Waals surface area contributed by atoms with E-state index in [0.717, 1.165) is 5.69 Å². The van der Waals surface area contributed by atoms with Gasteiger partial charge in [0.05, 0.1) is 19.2 Å². The standard InChI is InChI=1S/C7H8N2OS/c1-10-7(11)4-6-5-8-2-3-9-6/h2-3,5H,4H2,1H3. The van der Waals surface area contributed by atoms with E-state index in [1.807, 2.05) is 0 Å². The molecule has 0 saturated carbocycles. The average Bonchev–Trinajstić information content (AvgIpc) is 2.06. The van der Waals surface area contributed by atoms with Crippen LogP contribution >= 0.6 is 12.2 Å². The molecule has 0 aliphatic carbocycles. The fraction of sp³-hybridized carbons (Fsp3) is 0.286. The Morgan fingerprint density at radius 1 is 1.64 bits per heavy atom. The van der Waals surface area contributed by atoms with Crippen LogP contribution in [0.2, 0.25) is 0 Å².